The minimum atomic E-state index is -4.75. The van der Waals surface area contributed by atoms with E-state index in [1.54, 1.807) is 0 Å². The van der Waals surface area contributed by atoms with Crippen molar-refractivity contribution >= 4 is 13.8 Å². The van der Waals surface area contributed by atoms with Gasteiger partial charge in [0.25, 0.3) is 5.76 Å². The van der Waals surface area contributed by atoms with E-state index in [1.807, 2.05) is 0 Å². The van der Waals surface area contributed by atoms with Gasteiger partial charge in [0.2, 0.25) is 0 Å². The fraction of sp³-hybridized carbons (Fsp3) is 0.500. The van der Waals surface area contributed by atoms with Crippen LogP contribution in [0.3, 0.4) is 0 Å². The molecule has 17 heavy (non-hydrogen) atoms. The van der Waals surface area contributed by atoms with Gasteiger partial charge in [-0.15, -0.1) is 0 Å². The molecule has 0 aromatic rings. The summed E-state index contributed by atoms with van der Waals surface area (Å²) < 4.78 is 23.0. The summed E-state index contributed by atoms with van der Waals surface area (Å²) >= 11 is 0. The maximum Gasteiger partial charge on any atom is 0.544 e. The largest absolute Gasteiger partial charge is 0.544 e. The molecular formula is C6H10NO9P. The number of rotatable bonds is 5. The Balaban J connectivity index is 2.94. The van der Waals surface area contributed by atoms with Gasteiger partial charge in [-0.05, 0) is 0 Å². The van der Waals surface area contributed by atoms with E-state index in [9.17, 15) is 14.5 Å². The van der Waals surface area contributed by atoms with Gasteiger partial charge in [0.15, 0.2) is 11.9 Å². The summed E-state index contributed by atoms with van der Waals surface area (Å²) in [4.78, 5) is 19.9. The zero-order chi connectivity index (χ0) is 13.2. The van der Waals surface area contributed by atoms with Crippen LogP contribution < -0.4 is 5.90 Å². The Morgan fingerprint density at radius 1 is 1.59 bits per heavy atom. The number of nitrogens with two attached hydrogens (primary N) is 1. The number of hydrogen-bond donors (Lipinski definition) is 5. The van der Waals surface area contributed by atoms with Crippen molar-refractivity contribution in [3.05, 3.63) is 11.5 Å². The SMILES string of the molecule is NOP(=O)(O)OC1=C(O)[C@@H]([C@@H](O)CO)OC1=O. The third kappa shape index (κ3) is 2.94. The van der Waals surface area contributed by atoms with E-state index in [0.29, 0.717) is 0 Å². The average Bonchev–Trinajstić information content (AvgIpc) is 2.56. The minimum absolute atomic E-state index is 0.806. The number of aliphatic hydroxyl groups is 3. The molecule has 1 aliphatic rings. The zero-order valence-corrected chi connectivity index (χ0v) is 9.11. The Labute approximate surface area is 94.4 Å². The van der Waals surface area contributed by atoms with Gasteiger partial charge < -0.3 is 24.6 Å². The third-order valence-electron chi connectivity index (χ3n) is 1.80. The zero-order valence-electron chi connectivity index (χ0n) is 8.22. The highest BCUT2D eigenvalue weighted by atomic mass is 31.2. The summed E-state index contributed by atoms with van der Waals surface area (Å²) in [7, 11) is -4.75. The molecule has 0 saturated carbocycles. The number of ether oxygens (including phenoxy) is 1. The first-order chi connectivity index (χ1) is 7.82. The number of phosphoric ester groups is 1. The van der Waals surface area contributed by atoms with Crippen LogP contribution in [0.25, 0.3) is 0 Å². The topological polar surface area (TPSA) is 169 Å². The second kappa shape index (κ2) is 5.00. The van der Waals surface area contributed by atoms with Crippen LogP contribution in [0.15, 0.2) is 11.5 Å². The van der Waals surface area contributed by atoms with Gasteiger partial charge in [0, 0.05) is 0 Å². The van der Waals surface area contributed by atoms with E-state index in [0.717, 1.165) is 0 Å². The molecule has 1 heterocycles. The lowest BCUT2D eigenvalue weighted by Crippen LogP contribution is -2.31. The quantitative estimate of drug-likeness (QED) is 0.215. The van der Waals surface area contributed by atoms with E-state index in [4.69, 9.17) is 15.1 Å². The number of carbonyl (C=O) groups is 1. The fourth-order valence-electron chi connectivity index (χ4n) is 1.04. The Hall–Kier alpha value is -1.16. The summed E-state index contributed by atoms with van der Waals surface area (Å²) in [5.41, 5.74) is 0. The molecule has 10 nitrogen and oxygen atoms in total. The summed E-state index contributed by atoms with van der Waals surface area (Å²) in [5.74, 6) is 1.16. The average molecular weight is 271 g/mol. The molecule has 1 unspecified atom stereocenters. The third-order valence-corrected chi connectivity index (χ3v) is 2.48. The van der Waals surface area contributed by atoms with Crippen molar-refractivity contribution in [3.8, 4) is 0 Å². The van der Waals surface area contributed by atoms with Gasteiger partial charge in [0.1, 0.15) is 6.10 Å². The van der Waals surface area contributed by atoms with Gasteiger partial charge in [-0.2, -0.15) is 4.62 Å². The lowest BCUT2D eigenvalue weighted by atomic mass is 10.2. The molecule has 0 bridgehead atoms. The van der Waals surface area contributed by atoms with Crippen LogP contribution in [0.4, 0.5) is 0 Å². The van der Waals surface area contributed by atoms with Crippen molar-refractivity contribution in [1.82, 2.24) is 0 Å². The Morgan fingerprint density at radius 2 is 2.18 bits per heavy atom. The molecule has 1 aliphatic heterocycles. The van der Waals surface area contributed by atoms with Crippen molar-refractivity contribution in [3.63, 3.8) is 0 Å². The normalized spacial score (nSPS) is 25.4. The minimum Gasteiger partial charge on any atom is -0.505 e. The van der Waals surface area contributed by atoms with Crippen LogP contribution >= 0.6 is 7.82 Å². The summed E-state index contributed by atoms with van der Waals surface area (Å²) in [6.45, 7) is -0.806. The monoisotopic (exact) mass is 271 g/mol. The molecule has 0 saturated heterocycles. The molecule has 98 valence electrons. The maximum absolute atomic E-state index is 11.1. The Morgan fingerprint density at radius 3 is 2.65 bits per heavy atom. The van der Waals surface area contributed by atoms with Crippen molar-refractivity contribution in [1.29, 1.82) is 0 Å². The van der Waals surface area contributed by atoms with Gasteiger partial charge in [-0.3, -0.25) is 4.89 Å². The van der Waals surface area contributed by atoms with Gasteiger partial charge >= 0.3 is 13.8 Å². The number of aliphatic hydroxyl groups excluding tert-OH is 3. The van der Waals surface area contributed by atoms with E-state index in [-0.39, 0.29) is 0 Å². The first-order valence-electron chi connectivity index (χ1n) is 4.16. The molecule has 0 aliphatic carbocycles. The van der Waals surface area contributed by atoms with E-state index in [1.165, 1.54) is 0 Å². The van der Waals surface area contributed by atoms with Gasteiger partial charge in [0.05, 0.1) is 6.61 Å². The smallest absolute Gasteiger partial charge is 0.505 e. The molecule has 0 fully saturated rings. The van der Waals surface area contributed by atoms with Crippen molar-refractivity contribution in [2.45, 2.75) is 12.2 Å². The molecule has 6 N–H and O–H groups in total. The Bertz CT molecular complexity index is 393. The molecule has 0 spiro atoms. The van der Waals surface area contributed by atoms with Crippen molar-refractivity contribution in [2.75, 3.05) is 6.61 Å². The molecule has 0 radical (unpaired) electrons. The van der Waals surface area contributed by atoms with Crippen LogP contribution in [-0.4, -0.2) is 45.0 Å². The fourth-order valence-corrected chi connectivity index (χ4v) is 1.48. The van der Waals surface area contributed by atoms with Crippen LogP contribution in [0, 0.1) is 0 Å². The van der Waals surface area contributed by atoms with Gasteiger partial charge in [-0.1, -0.05) is 0 Å². The summed E-state index contributed by atoms with van der Waals surface area (Å²) in [6.07, 6.45) is -3.18. The number of phosphoric acid groups is 1. The van der Waals surface area contributed by atoms with E-state index in [2.05, 4.69) is 19.8 Å². The van der Waals surface area contributed by atoms with E-state index >= 15 is 0 Å². The predicted molar refractivity (Wildman–Crippen MR) is 48.8 cm³/mol. The van der Waals surface area contributed by atoms with Gasteiger partial charge in [-0.25, -0.2) is 15.3 Å². The second-order valence-corrected chi connectivity index (χ2v) is 4.29. The number of esters is 1. The number of cyclic esters (lactones) is 1. The second-order valence-electron chi connectivity index (χ2n) is 2.96. The van der Waals surface area contributed by atoms with Crippen LogP contribution in [0.1, 0.15) is 0 Å². The summed E-state index contributed by atoms with van der Waals surface area (Å²) in [6, 6.07) is 0. The first kappa shape index (κ1) is 13.9. The molecule has 3 atom stereocenters. The first-order valence-corrected chi connectivity index (χ1v) is 5.66. The lowest BCUT2D eigenvalue weighted by molar-refractivity contribution is -0.147. The maximum atomic E-state index is 11.1. The predicted octanol–water partition coefficient (Wildman–Crippen LogP) is -1.96. The van der Waals surface area contributed by atoms with E-state index < -0.39 is 44.1 Å². The molecule has 0 amide bonds. The highest BCUT2D eigenvalue weighted by molar-refractivity contribution is 7.47. The molecule has 0 aromatic carbocycles. The highest BCUT2D eigenvalue weighted by Gasteiger charge is 2.43. The molecular weight excluding hydrogens is 261 g/mol. The lowest BCUT2D eigenvalue weighted by Gasteiger charge is -2.13. The standard InChI is InChI=1S/C6H10NO9P/c7-16-17(12,13)15-5-3(10)4(2(9)1-8)14-6(5)11/h2,4,8-10H,1,7H2,(H,12,13)/t2-,4+/m0/s1. The molecule has 11 heteroatoms. The summed E-state index contributed by atoms with van der Waals surface area (Å²) in [5, 5.41) is 27.1. The highest BCUT2D eigenvalue weighted by Crippen LogP contribution is 2.45. The van der Waals surface area contributed by atoms with Crippen LogP contribution in [-0.2, 0) is 23.2 Å². The molecule has 1 rings (SSSR count). The molecule has 0 aromatic heterocycles. The van der Waals surface area contributed by atoms with Crippen LogP contribution in [0.2, 0.25) is 0 Å². The Kier molecular flexibility index (Phi) is 4.09. The number of carbonyl (C=O) groups excluding carboxylic acids is 1. The van der Waals surface area contributed by atoms with Crippen molar-refractivity contribution < 1.29 is 43.5 Å². The van der Waals surface area contributed by atoms with Crippen LogP contribution in [0.5, 0.6) is 0 Å². The number of hydrogen-bond acceptors (Lipinski definition) is 9. The van der Waals surface area contributed by atoms with Crippen molar-refractivity contribution in [2.24, 2.45) is 5.90 Å².